The van der Waals surface area contributed by atoms with Crippen molar-refractivity contribution in [3.8, 4) is 11.5 Å². The summed E-state index contributed by atoms with van der Waals surface area (Å²) in [5.74, 6) is -1.38. The fourth-order valence-electron chi connectivity index (χ4n) is 2.58. The van der Waals surface area contributed by atoms with Crippen LogP contribution in [0.4, 0.5) is 8.78 Å². The Bertz CT molecular complexity index is 918. The van der Waals surface area contributed by atoms with Crippen molar-refractivity contribution in [1.29, 1.82) is 0 Å². The van der Waals surface area contributed by atoms with Crippen LogP contribution in [0.15, 0.2) is 78.9 Å². The molecule has 0 aliphatic rings. The summed E-state index contributed by atoms with van der Waals surface area (Å²) in [4.78, 5) is 12.3. The maximum Gasteiger partial charge on any atom is 0.258 e. The highest BCUT2D eigenvalue weighted by molar-refractivity contribution is 5.78. The Morgan fingerprint density at radius 2 is 1.32 bits per heavy atom. The van der Waals surface area contributed by atoms with Crippen molar-refractivity contribution >= 4 is 5.91 Å². The summed E-state index contributed by atoms with van der Waals surface area (Å²) in [6.07, 6.45) is 0. The van der Waals surface area contributed by atoms with E-state index >= 15 is 0 Å². The molecule has 3 rings (SSSR count). The maximum atomic E-state index is 13.8. The van der Waals surface area contributed by atoms with Gasteiger partial charge in [-0.1, -0.05) is 54.6 Å². The molecular formula is C22H19F2NO3. The molecule has 3 aromatic rings. The lowest BCUT2D eigenvalue weighted by Gasteiger charge is -2.20. The van der Waals surface area contributed by atoms with Crippen LogP contribution >= 0.6 is 0 Å². The van der Waals surface area contributed by atoms with Crippen LogP contribution in [0.25, 0.3) is 0 Å². The summed E-state index contributed by atoms with van der Waals surface area (Å²) in [7, 11) is 0. The molecule has 0 aliphatic carbocycles. The first-order valence-corrected chi connectivity index (χ1v) is 8.72. The van der Waals surface area contributed by atoms with Gasteiger partial charge in [-0.05, 0) is 29.8 Å². The standard InChI is InChI=1S/C22H19F2NO3/c23-17-10-4-6-12-20(17)27-14-19(16-8-2-1-3-9-16)25-22(26)15-28-21-13-7-5-11-18(21)24/h1-13,19H,14-15H2,(H,25,26). The minimum atomic E-state index is -0.544. The zero-order valence-electron chi connectivity index (χ0n) is 15.0. The van der Waals surface area contributed by atoms with Crippen molar-refractivity contribution in [2.45, 2.75) is 6.04 Å². The number of hydrogen-bond donors (Lipinski definition) is 1. The summed E-state index contributed by atoms with van der Waals surface area (Å²) >= 11 is 0. The smallest absolute Gasteiger partial charge is 0.258 e. The van der Waals surface area contributed by atoms with E-state index in [4.69, 9.17) is 9.47 Å². The largest absolute Gasteiger partial charge is 0.488 e. The molecule has 0 spiro atoms. The van der Waals surface area contributed by atoms with E-state index in [2.05, 4.69) is 5.32 Å². The van der Waals surface area contributed by atoms with E-state index in [1.165, 1.54) is 30.3 Å². The van der Waals surface area contributed by atoms with Gasteiger partial charge >= 0.3 is 0 Å². The van der Waals surface area contributed by atoms with Gasteiger partial charge in [0.05, 0.1) is 6.04 Å². The molecule has 0 aliphatic heterocycles. The first-order chi connectivity index (χ1) is 13.6. The number of carbonyl (C=O) groups is 1. The third kappa shape index (κ3) is 5.30. The number of nitrogens with one attached hydrogen (secondary N) is 1. The van der Waals surface area contributed by atoms with Crippen LogP contribution in [0.1, 0.15) is 11.6 Å². The zero-order valence-corrected chi connectivity index (χ0v) is 15.0. The minimum absolute atomic E-state index is 0.00322. The molecule has 144 valence electrons. The van der Waals surface area contributed by atoms with E-state index in [-0.39, 0.29) is 24.7 Å². The Morgan fingerprint density at radius 3 is 1.93 bits per heavy atom. The van der Waals surface area contributed by atoms with Crippen molar-refractivity contribution in [3.63, 3.8) is 0 Å². The van der Waals surface area contributed by atoms with Gasteiger partial charge in [-0.2, -0.15) is 0 Å². The van der Waals surface area contributed by atoms with Crippen molar-refractivity contribution < 1.29 is 23.0 Å². The van der Waals surface area contributed by atoms with E-state index in [0.717, 1.165) is 5.56 Å². The third-order valence-electron chi connectivity index (χ3n) is 3.97. The number of hydrogen-bond acceptors (Lipinski definition) is 3. The maximum absolute atomic E-state index is 13.8. The van der Waals surface area contributed by atoms with Crippen LogP contribution in [0.3, 0.4) is 0 Å². The van der Waals surface area contributed by atoms with Gasteiger partial charge in [0.2, 0.25) is 0 Å². The molecule has 6 heteroatoms. The van der Waals surface area contributed by atoms with Crippen LogP contribution in [0.2, 0.25) is 0 Å². The molecule has 3 aromatic carbocycles. The van der Waals surface area contributed by atoms with Crippen LogP contribution < -0.4 is 14.8 Å². The molecule has 1 amide bonds. The first kappa shape index (κ1) is 19.4. The molecule has 1 atom stereocenters. The first-order valence-electron chi connectivity index (χ1n) is 8.72. The average molecular weight is 383 g/mol. The molecule has 4 nitrogen and oxygen atoms in total. The molecule has 28 heavy (non-hydrogen) atoms. The Hall–Kier alpha value is -3.41. The fraction of sp³-hybridized carbons (Fsp3) is 0.136. The van der Waals surface area contributed by atoms with Crippen LogP contribution in [0, 0.1) is 11.6 Å². The number of benzene rings is 3. The summed E-state index contributed by atoms with van der Waals surface area (Å²) in [5.41, 5.74) is 0.790. The zero-order chi connectivity index (χ0) is 19.8. The second kappa shape index (κ2) is 9.50. The summed E-state index contributed by atoms with van der Waals surface area (Å²) in [5, 5.41) is 2.78. The molecule has 0 bridgehead atoms. The Kier molecular flexibility index (Phi) is 6.57. The highest BCUT2D eigenvalue weighted by Crippen LogP contribution is 2.20. The number of halogens is 2. The number of carbonyl (C=O) groups excluding carboxylic acids is 1. The molecule has 0 heterocycles. The van der Waals surface area contributed by atoms with E-state index < -0.39 is 23.6 Å². The Morgan fingerprint density at radius 1 is 0.786 bits per heavy atom. The number of amides is 1. The van der Waals surface area contributed by atoms with E-state index in [1.807, 2.05) is 30.3 Å². The fourth-order valence-corrected chi connectivity index (χ4v) is 2.58. The van der Waals surface area contributed by atoms with E-state index in [9.17, 15) is 13.6 Å². The van der Waals surface area contributed by atoms with Gasteiger partial charge < -0.3 is 14.8 Å². The van der Waals surface area contributed by atoms with Gasteiger partial charge in [0.25, 0.3) is 5.91 Å². The molecule has 1 N–H and O–H groups in total. The van der Waals surface area contributed by atoms with Crippen LogP contribution in [-0.2, 0) is 4.79 Å². The van der Waals surface area contributed by atoms with Gasteiger partial charge in [0.1, 0.15) is 6.61 Å². The number of ether oxygens (including phenoxy) is 2. The molecular weight excluding hydrogens is 364 g/mol. The molecule has 0 aromatic heterocycles. The monoisotopic (exact) mass is 383 g/mol. The molecule has 0 saturated heterocycles. The van der Waals surface area contributed by atoms with Gasteiger partial charge in [-0.25, -0.2) is 8.78 Å². The quantitative estimate of drug-likeness (QED) is 0.632. The van der Waals surface area contributed by atoms with Crippen molar-refractivity contribution in [3.05, 3.63) is 96.1 Å². The lowest BCUT2D eigenvalue weighted by molar-refractivity contribution is -0.124. The summed E-state index contributed by atoms with van der Waals surface area (Å²) in [6.45, 7) is -0.333. The van der Waals surface area contributed by atoms with E-state index in [1.54, 1.807) is 18.2 Å². The van der Waals surface area contributed by atoms with Gasteiger partial charge in [0.15, 0.2) is 29.7 Å². The lowest BCUT2D eigenvalue weighted by Crippen LogP contribution is -2.35. The van der Waals surface area contributed by atoms with Crippen LogP contribution in [0.5, 0.6) is 11.5 Å². The average Bonchev–Trinajstić information content (AvgIpc) is 2.72. The topological polar surface area (TPSA) is 47.6 Å². The van der Waals surface area contributed by atoms with Crippen molar-refractivity contribution in [2.24, 2.45) is 0 Å². The normalized spacial score (nSPS) is 11.5. The second-order valence-corrected chi connectivity index (χ2v) is 5.99. The Balaban J connectivity index is 1.64. The highest BCUT2D eigenvalue weighted by Gasteiger charge is 2.17. The van der Waals surface area contributed by atoms with Gasteiger partial charge in [0, 0.05) is 0 Å². The predicted molar refractivity (Wildman–Crippen MR) is 101 cm³/mol. The van der Waals surface area contributed by atoms with E-state index in [0.29, 0.717) is 0 Å². The van der Waals surface area contributed by atoms with Crippen molar-refractivity contribution in [2.75, 3.05) is 13.2 Å². The minimum Gasteiger partial charge on any atom is -0.488 e. The lowest BCUT2D eigenvalue weighted by atomic mass is 10.1. The third-order valence-corrected chi connectivity index (χ3v) is 3.97. The molecule has 0 fully saturated rings. The molecule has 1 unspecified atom stereocenters. The number of rotatable bonds is 8. The number of para-hydroxylation sites is 2. The molecule has 0 radical (unpaired) electrons. The van der Waals surface area contributed by atoms with Crippen LogP contribution in [-0.4, -0.2) is 19.1 Å². The van der Waals surface area contributed by atoms with Gasteiger partial charge in [-0.15, -0.1) is 0 Å². The Labute approximate surface area is 161 Å². The summed E-state index contributed by atoms with van der Waals surface area (Å²) < 4.78 is 38.2. The summed E-state index contributed by atoms with van der Waals surface area (Å²) in [6, 6.07) is 20.5. The molecule has 0 saturated carbocycles. The highest BCUT2D eigenvalue weighted by atomic mass is 19.1. The van der Waals surface area contributed by atoms with Gasteiger partial charge in [-0.3, -0.25) is 4.79 Å². The second-order valence-electron chi connectivity index (χ2n) is 5.99. The SMILES string of the molecule is O=C(COc1ccccc1F)NC(COc1ccccc1F)c1ccccc1. The predicted octanol–water partition coefficient (Wildman–Crippen LogP) is 4.28. The van der Waals surface area contributed by atoms with Crippen molar-refractivity contribution in [1.82, 2.24) is 5.32 Å².